The molecule has 0 bridgehead atoms. The van der Waals surface area contributed by atoms with Gasteiger partial charge in [-0.15, -0.1) is 0 Å². The largest absolute Gasteiger partial charge is 0.377 e. The van der Waals surface area contributed by atoms with Gasteiger partial charge in [-0.1, -0.05) is 23.7 Å². The van der Waals surface area contributed by atoms with Gasteiger partial charge in [-0.05, 0) is 54.8 Å². The van der Waals surface area contributed by atoms with Crippen molar-refractivity contribution in [3.05, 3.63) is 59.1 Å². The smallest absolute Gasteiger partial charge is 0.240 e. The van der Waals surface area contributed by atoms with Crippen molar-refractivity contribution in [1.29, 1.82) is 0 Å². The Morgan fingerprint density at radius 2 is 1.81 bits per heavy atom. The Bertz CT molecular complexity index is 877. The maximum absolute atomic E-state index is 12.3. The van der Waals surface area contributed by atoms with Crippen molar-refractivity contribution in [2.75, 3.05) is 18.5 Å². The minimum atomic E-state index is -3.60. The van der Waals surface area contributed by atoms with E-state index in [0.29, 0.717) is 17.3 Å². The maximum Gasteiger partial charge on any atom is 0.240 e. The Morgan fingerprint density at radius 1 is 1.11 bits per heavy atom. The van der Waals surface area contributed by atoms with Gasteiger partial charge in [0, 0.05) is 23.9 Å². The summed E-state index contributed by atoms with van der Waals surface area (Å²) >= 11 is 5.83. The minimum Gasteiger partial charge on any atom is -0.377 e. The average molecular weight is 409 g/mol. The Labute approximate surface area is 163 Å². The van der Waals surface area contributed by atoms with E-state index in [1.807, 2.05) is 0 Å². The molecular formula is C19H21ClN2O4S. The zero-order valence-corrected chi connectivity index (χ0v) is 16.2. The van der Waals surface area contributed by atoms with E-state index in [2.05, 4.69) is 10.0 Å². The zero-order valence-electron chi connectivity index (χ0n) is 14.7. The maximum atomic E-state index is 12.3. The number of amides is 1. The van der Waals surface area contributed by atoms with Gasteiger partial charge >= 0.3 is 0 Å². The monoisotopic (exact) mass is 408 g/mol. The topological polar surface area (TPSA) is 84.5 Å². The SMILES string of the molecule is O=C(Cc1ccc(Cl)cc1)Nc1ccc(S(=O)(=O)NCC2CCCO2)cc1. The van der Waals surface area contributed by atoms with Crippen molar-refractivity contribution in [2.45, 2.75) is 30.3 Å². The van der Waals surface area contributed by atoms with E-state index in [1.54, 1.807) is 36.4 Å². The number of sulfonamides is 1. The lowest BCUT2D eigenvalue weighted by atomic mass is 10.1. The van der Waals surface area contributed by atoms with Crippen molar-refractivity contribution in [2.24, 2.45) is 0 Å². The molecule has 1 heterocycles. The van der Waals surface area contributed by atoms with Crippen LogP contribution in [-0.4, -0.2) is 33.6 Å². The van der Waals surface area contributed by atoms with Gasteiger partial charge in [0.15, 0.2) is 0 Å². The number of benzene rings is 2. The van der Waals surface area contributed by atoms with Crippen molar-refractivity contribution in [3.63, 3.8) is 0 Å². The van der Waals surface area contributed by atoms with Crippen LogP contribution in [0, 0.1) is 0 Å². The van der Waals surface area contributed by atoms with Crippen molar-refractivity contribution in [3.8, 4) is 0 Å². The molecule has 1 atom stereocenters. The van der Waals surface area contributed by atoms with Gasteiger partial charge in [0.05, 0.1) is 17.4 Å². The molecule has 2 N–H and O–H groups in total. The molecule has 0 spiro atoms. The first kappa shape index (κ1) is 19.8. The summed E-state index contributed by atoms with van der Waals surface area (Å²) in [6.45, 7) is 0.943. The molecule has 1 unspecified atom stereocenters. The first-order chi connectivity index (χ1) is 12.9. The zero-order chi connectivity index (χ0) is 19.3. The molecule has 2 aromatic rings. The second-order valence-electron chi connectivity index (χ2n) is 6.36. The molecule has 1 fully saturated rings. The molecule has 1 aliphatic heterocycles. The second-order valence-corrected chi connectivity index (χ2v) is 8.57. The molecule has 1 saturated heterocycles. The van der Waals surface area contributed by atoms with Crippen LogP contribution >= 0.6 is 11.6 Å². The molecular weight excluding hydrogens is 388 g/mol. The summed E-state index contributed by atoms with van der Waals surface area (Å²) in [5, 5.41) is 3.37. The minimum absolute atomic E-state index is 0.0637. The summed E-state index contributed by atoms with van der Waals surface area (Å²) in [6, 6.07) is 13.1. The number of hydrogen-bond donors (Lipinski definition) is 2. The number of rotatable bonds is 7. The highest BCUT2D eigenvalue weighted by atomic mass is 35.5. The van der Waals surface area contributed by atoms with Crippen LogP contribution in [0.1, 0.15) is 18.4 Å². The number of hydrogen-bond acceptors (Lipinski definition) is 4. The van der Waals surface area contributed by atoms with E-state index in [9.17, 15) is 13.2 Å². The third-order valence-corrected chi connectivity index (χ3v) is 5.94. The summed E-state index contributed by atoms with van der Waals surface area (Å²) in [5.41, 5.74) is 1.38. The van der Waals surface area contributed by atoms with Gasteiger partial charge in [0.2, 0.25) is 15.9 Å². The third kappa shape index (κ3) is 5.77. The average Bonchev–Trinajstić information content (AvgIpc) is 3.16. The van der Waals surface area contributed by atoms with Crippen molar-refractivity contribution in [1.82, 2.24) is 4.72 Å². The Hall–Kier alpha value is -1.93. The molecule has 0 aliphatic carbocycles. The first-order valence-corrected chi connectivity index (χ1v) is 10.5. The highest BCUT2D eigenvalue weighted by molar-refractivity contribution is 7.89. The molecule has 0 aromatic heterocycles. The van der Waals surface area contributed by atoms with Gasteiger partial charge in [-0.25, -0.2) is 13.1 Å². The van der Waals surface area contributed by atoms with Gasteiger partial charge in [0.1, 0.15) is 0 Å². The van der Waals surface area contributed by atoms with Gasteiger partial charge in [0.25, 0.3) is 0 Å². The number of carbonyl (C=O) groups excluding carboxylic acids is 1. The standard InChI is InChI=1S/C19H21ClN2O4S/c20-15-5-3-14(4-6-15)12-19(23)22-16-7-9-18(10-8-16)27(24,25)21-13-17-2-1-11-26-17/h3-10,17,21H,1-2,11-13H2,(H,22,23). The molecule has 0 radical (unpaired) electrons. The van der Waals surface area contributed by atoms with Crippen molar-refractivity contribution >= 4 is 33.2 Å². The van der Waals surface area contributed by atoms with Gasteiger partial charge < -0.3 is 10.1 Å². The van der Waals surface area contributed by atoms with E-state index in [1.165, 1.54) is 12.1 Å². The highest BCUT2D eigenvalue weighted by Crippen LogP contribution is 2.16. The van der Waals surface area contributed by atoms with E-state index < -0.39 is 10.0 Å². The van der Waals surface area contributed by atoms with Crippen molar-refractivity contribution < 1.29 is 17.9 Å². The summed E-state index contributed by atoms with van der Waals surface area (Å²) in [6.07, 6.45) is 1.96. The van der Waals surface area contributed by atoms with Crippen LogP contribution in [0.3, 0.4) is 0 Å². The summed E-state index contributed by atoms with van der Waals surface area (Å²) in [7, 11) is -3.60. The molecule has 8 heteroatoms. The van der Waals surface area contributed by atoms with Crippen LogP contribution in [0.5, 0.6) is 0 Å². The molecule has 27 heavy (non-hydrogen) atoms. The predicted octanol–water partition coefficient (Wildman–Crippen LogP) is 2.98. The summed E-state index contributed by atoms with van der Waals surface area (Å²) in [4.78, 5) is 12.3. The van der Waals surface area contributed by atoms with Crippen LogP contribution in [0.15, 0.2) is 53.4 Å². The van der Waals surface area contributed by atoms with E-state index in [0.717, 1.165) is 18.4 Å². The van der Waals surface area contributed by atoms with Gasteiger partial charge in [-0.3, -0.25) is 4.79 Å². The lowest BCUT2D eigenvalue weighted by Gasteiger charge is -2.12. The van der Waals surface area contributed by atoms with E-state index in [-0.39, 0.29) is 29.9 Å². The van der Waals surface area contributed by atoms with Crippen LogP contribution in [0.2, 0.25) is 5.02 Å². The quantitative estimate of drug-likeness (QED) is 0.737. The molecule has 2 aromatic carbocycles. The molecule has 1 aliphatic rings. The first-order valence-electron chi connectivity index (χ1n) is 8.68. The number of anilines is 1. The Balaban J connectivity index is 1.55. The fraction of sp³-hybridized carbons (Fsp3) is 0.316. The number of halogens is 1. The molecule has 0 saturated carbocycles. The van der Waals surface area contributed by atoms with Crippen LogP contribution < -0.4 is 10.0 Å². The number of nitrogens with one attached hydrogen (secondary N) is 2. The number of ether oxygens (including phenoxy) is 1. The summed E-state index contributed by atoms with van der Waals surface area (Å²) in [5.74, 6) is -0.190. The predicted molar refractivity (Wildman–Crippen MR) is 104 cm³/mol. The normalized spacial score (nSPS) is 17.0. The highest BCUT2D eigenvalue weighted by Gasteiger charge is 2.20. The molecule has 144 valence electrons. The lowest BCUT2D eigenvalue weighted by molar-refractivity contribution is -0.115. The Morgan fingerprint density at radius 3 is 2.44 bits per heavy atom. The molecule has 6 nitrogen and oxygen atoms in total. The van der Waals surface area contributed by atoms with Gasteiger partial charge in [-0.2, -0.15) is 0 Å². The molecule has 1 amide bonds. The lowest BCUT2D eigenvalue weighted by Crippen LogP contribution is -2.31. The summed E-state index contributed by atoms with van der Waals surface area (Å²) < 4.78 is 32.6. The third-order valence-electron chi connectivity index (χ3n) is 4.25. The fourth-order valence-electron chi connectivity index (χ4n) is 2.80. The fourth-order valence-corrected chi connectivity index (χ4v) is 3.99. The second kappa shape index (κ2) is 8.84. The van der Waals surface area contributed by atoms with E-state index in [4.69, 9.17) is 16.3 Å². The Kier molecular flexibility index (Phi) is 6.49. The number of carbonyl (C=O) groups is 1. The molecule has 3 rings (SSSR count). The van der Waals surface area contributed by atoms with E-state index >= 15 is 0 Å². The van der Waals surface area contributed by atoms with Crippen LogP contribution in [-0.2, 0) is 26.0 Å². The van der Waals surface area contributed by atoms with Crippen LogP contribution in [0.4, 0.5) is 5.69 Å². The van der Waals surface area contributed by atoms with Crippen LogP contribution in [0.25, 0.3) is 0 Å².